The van der Waals surface area contributed by atoms with Crippen LogP contribution in [-0.2, 0) is 22.6 Å². The predicted molar refractivity (Wildman–Crippen MR) is 125 cm³/mol. The Morgan fingerprint density at radius 1 is 1.09 bits per heavy atom. The van der Waals surface area contributed by atoms with Crippen LogP contribution in [0.1, 0.15) is 18.4 Å². The molecule has 7 nitrogen and oxygen atoms in total. The molecule has 1 N–H and O–H groups in total. The lowest BCUT2D eigenvalue weighted by Crippen LogP contribution is -2.41. The lowest BCUT2D eigenvalue weighted by Gasteiger charge is -2.33. The number of likely N-dealkylation sites (tertiary alicyclic amines) is 1. The molecule has 1 atom stereocenters. The maximum absolute atomic E-state index is 11.8. The van der Waals surface area contributed by atoms with E-state index in [2.05, 4.69) is 28.5 Å². The summed E-state index contributed by atoms with van der Waals surface area (Å²) in [7, 11) is 4.72. The molecule has 3 aromatic rings. The normalized spacial score (nSPS) is 16.7. The zero-order valence-corrected chi connectivity index (χ0v) is 19.0. The Labute approximate surface area is 188 Å². The Kier molecular flexibility index (Phi) is 6.85. The summed E-state index contributed by atoms with van der Waals surface area (Å²) in [5, 5.41) is 4.84. The minimum absolute atomic E-state index is 0.223. The monoisotopic (exact) mass is 437 g/mol. The quantitative estimate of drug-likeness (QED) is 0.539. The number of aromatic nitrogens is 1. The van der Waals surface area contributed by atoms with E-state index in [4.69, 9.17) is 14.2 Å². The van der Waals surface area contributed by atoms with Crippen LogP contribution in [0.4, 0.5) is 5.69 Å². The van der Waals surface area contributed by atoms with Gasteiger partial charge in [-0.1, -0.05) is 18.2 Å². The van der Waals surface area contributed by atoms with Gasteiger partial charge in [0.05, 0.1) is 21.3 Å². The molecular formula is C25H31N3O4. The number of para-hydroxylation sites is 1. The van der Waals surface area contributed by atoms with Crippen LogP contribution < -0.4 is 14.8 Å². The van der Waals surface area contributed by atoms with Gasteiger partial charge < -0.3 is 24.1 Å². The van der Waals surface area contributed by atoms with Crippen molar-refractivity contribution in [3.05, 3.63) is 54.2 Å². The van der Waals surface area contributed by atoms with Gasteiger partial charge in [0.1, 0.15) is 6.54 Å². The Morgan fingerprint density at radius 3 is 2.69 bits per heavy atom. The third kappa shape index (κ3) is 4.83. The van der Waals surface area contributed by atoms with Crippen LogP contribution in [0, 0.1) is 0 Å². The number of fused-ring (bicyclic) bond motifs is 1. The molecule has 0 spiro atoms. The first kappa shape index (κ1) is 22.0. The summed E-state index contributed by atoms with van der Waals surface area (Å²) >= 11 is 0. The zero-order chi connectivity index (χ0) is 22.5. The minimum Gasteiger partial charge on any atom is -0.493 e. The predicted octanol–water partition coefficient (Wildman–Crippen LogP) is 3.91. The van der Waals surface area contributed by atoms with Crippen molar-refractivity contribution in [2.75, 3.05) is 39.7 Å². The minimum atomic E-state index is -0.241. The van der Waals surface area contributed by atoms with E-state index in [0.717, 1.165) is 55.2 Å². The maximum atomic E-state index is 11.8. The maximum Gasteiger partial charge on any atom is 0.325 e. The highest BCUT2D eigenvalue weighted by atomic mass is 16.5. The van der Waals surface area contributed by atoms with Gasteiger partial charge >= 0.3 is 5.97 Å². The summed E-state index contributed by atoms with van der Waals surface area (Å²) < 4.78 is 17.6. The molecule has 1 fully saturated rings. The van der Waals surface area contributed by atoms with Gasteiger partial charge in [0.2, 0.25) is 0 Å². The van der Waals surface area contributed by atoms with E-state index in [1.807, 2.05) is 34.9 Å². The van der Waals surface area contributed by atoms with Crippen LogP contribution in [0.3, 0.4) is 0 Å². The fourth-order valence-electron chi connectivity index (χ4n) is 4.50. The molecule has 0 saturated carbocycles. The van der Waals surface area contributed by atoms with Gasteiger partial charge in [-0.3, -0.25) is 9.69 Å². The number of nitrogens with zero attached hydrogens (tertiary/aromatic N) is 2. The molecular weight excluding hydrogens is 406 g/mol. The fraction of sp³-hybridized carbons (Fsp3) is 0.400. The molecule has 1 saturated heterocycles. The Morgan fingerprint density at radius 2 is 1.91 bits per heavy atom. The van der Waals surface area contributed by atoms with Gasteiger partial charge in [-0.15, -0.1) is 0 Å². The van der Waals surface area contributed by atoms with E-state index >= 15 is 0 Å². The second-order valence-corrected chi connectivity index (χ2v) is 8.16. The highest BCUT2D eigenvalue weighted by molar-refractivity contribution is 5.85. The molecule has 0 aliphatic carbocycles. The molecule has 4 rings (SSSR count). The molecule has 1 aromatic heterocycles. The van der Waals surface area contributed by atoms with Crippen molar-refractivity contribution >= 4 is 22.6 Å². The van der Waals surface area contributed by atoms with Gasteiger partial charge in [-0.2, -0.15) is 0 Å². The number of hydrogen-bond donors (Lipinski definition) is 1. The molecule has 0 bridgehead atoms. The number of benzene rings is 2. The highest BCUT2D eigenvalue weighted by Gasteiger charge is 2.22. The van der Waals surface area contributed by atoms with Crippen LogP contribution in [0.15, 0.2) is 48.7 Å². The molecule has 1 aliphatic rings. The SMILES string of the molecule is COC(=O)Cn1cc(CN2CCCC(Nc3ccc(OC)c(OC)c3)C2)c2ccccc21. The molecule has 7 heteroatoms. The summed E-state index contributed by atoms with van der Waals surface area (Å²) in [5.74, 6) is 1.21. The zero-order valence-electron chi connectivity index (χ0n) is 19.0. The van der Waals surface area contributed by atoms with Crippen molar-refractivity contribution in [1.29, 1.82) is 0 Å². The molecule has 1 aliphatic heterocycles. The molecule has 2 aromatic carbocycles. The van der Waals surface area contributed by atoms with Crippen LogP contribution in [0.25, 0.3) is 10.9 Å². The summed E-state index contributed by atoms with van der Waals surface area (Å²) in [6.45, 7) is 3.07. The summed E-state index contributed by atoms with van der Waals surface area (Å²) in [6, 6.07) is 14.5. The van der Waals surface area contributed by atoms with Crippen molar-refractivity contribution in [2.45, 2.75) is 32.0 Å². The third-order valence-corrected chi connectivity index (χ3v) is 6.05. The number of nitrogens with one attached hydrogen (secondary N) is 1. The van der Waals surface area contributed by atoms with E-state index in [9.17, 15) is 4.79 Å². The number of methoxy groups -OCH3 is 3. The van der Waals surface area contributed by atoms with Crippen molar-refractivity contribution in [1.82, 2.24) is 9.47 Å². The molecule has 0 amide bonds. The number of rotatable bonds is 8. The summed E-state index contributed by atoms with van der Waals surface area (Å²) in [6.07, 6.45) is 4.34. The van der Waals surface area contributed by atoms with E-state index < -0.39 is 0 Å². The first-order chi connectivity index (χ1) is 15.6. The lowest BCUT2D eigenvalue weighted by molar-refractivity contribution is -0.141. The molecule has 2 heterocycles. The second-order valence-electron chi connectivity index (χ2n) is 8.16. The van der Waals surface area contributed by atoms with Crippen LogP contribution >= 0.6 is 0 Å². The lowest BCUT2D eigenvalue weighted by atomic mass is 10.0. The molecule has 32 heavy (non-hydrogen) atoms. The van der Waals surface area contributed by atoms with E-state index in [1.165, 1.54) is 18.1 Å². The number of carbonyl (C=O) groups excluding carboxylic acids is 1. The van der Waals surface area contributed by atoms with E-state index in [0.29, 0.717) is 6.04 Å². The first-order valence-corrected chi connectivity index (χ1v) is 11.0. The van der Waals surface area contributed by atoms with Crippen molar-refractivity contribution in [2.24, 2.45) is 0 Å². The van der Waals surface area contributed by atoms with Gasteiger partial charge in [-0.25, -0.2) is 0 Å². The molecule has 170 valence electrons. The van der Waals surface area contributed by atoms with Crippen molar-refractivity contribution in [3.8, 4) is 11.5 Å². The topological polar surface area (TPSA) is 65.0 Å². The Balaban J connectivity index is 1.46. The van der Waals surface area contributed by atoms with Crippen molar-refractivity contribution in [3.63, 3.8) is 0 Å². The molecule has 1 unspecified atom stereocenters. The first-order valence-electron chi connectivity index (χ1n) is 11.0. The van der Waals surface area contributed by atoms with Gasteiger partial charge in [0.15, 0.2) is 11.5 Å². The van der Waals surface area contributed by atoms with Gasteiger partial charge in [0, 0.05) is 48.0 Å². The van der Waals surface area contributed by atoms with Crippen LogP contribution in [0.2, 0.25) is 0 Å². The fourth-order valence-corrected chi connectivity index (χ4v) is 4.50. The third-order valence-electron chi connectivity index (χ3n) is 6.05. The average molecular weight is 438 g/mol. The highest BCUT2D eigenvalue weighted by Crippen LogP contribution is 2.31. The molecule has 0 radical (unpaired) electrons. The number of carbonyl (C=O) groups is 1. The van der Waals surface area contributed by atoms with Crippen LogP contribution in [0.5, 0.6) is 11.5 Å². The average Bonchev–Trinajstić information content (AvgIpc) is 3.16. The largest absolute Gasteiger partial charge is 0.493 e. The number of esters is 1. The summed E-state index contributed by atoms with van der Waals surface area (Å²) in [5.41, 5.74) is 3.32. The number of piperidine rings is 1. The van der Waals surface area contributed by atoms with Gasteiger partial charge in [-0.05, 0) is 43.1 Å². The smallest absolute Gasteiger partial charge is 0.325 e. The van der Waals surface area contributed by atoms with Gasteiger partial charge in [0.25, 0.3) is 0 Å². The second kappa shape index (κ2) is 9.96. The van der Waals surface area contributed by atoms with E-state index in [1.54, 1.807) is 14.2 Å². The number of anilines is 1. The van der Waals surface area contributed by atoms with Crippen LogP contribution in [-0.4, -0.2) is 55.9 Å². The van der Waals surface area contributed by atoms with E-state index in [-0.39, 0.29) is 12.5 Å². The van der Waals surface area contributed by atoms with Crippen molar-refractivity contribution < 1.29 is 19.0 Å². The number of ether oxygens (including phenoxy) is 3. The Hall–Kier alpha value is -3.19. The Bertz CT molecular complexity index is 1080. The summed E-state index contributed by atoms with van der Waals surface area (Å²) in [4.78, 5) is 14.3. The standard InChI is InChI=1S/C25H31N3O4/c1-30-23-11-10-19(13-24(23)31-2)26-20-7-6-12-27(16-20)14-18-15-28(17-25(29)32-3)22-9-5-4-8-21(18)22/h4-5,8-11,13,15,20,26H,6-7,12,14,16-17H2,1-3H3. The number of hydrogen-bond acceptors (Lipinski definition) is 6.